The Labute approximate surface area is 92.5 Å². The molecule has 0 fully saturated rings. The summed E-state index contributed by atoms with van der Waals surface area (Å²) in [6.07, 6.45) is 1.64. The molecule has 0 amide bonds. The second-order valence-corrected chi connectivity index (χ2v) is 3.70. The van der Waals surface area contributed by atoms with Crippen LogP contribution in [0.15, 0.2) is 36.5 Å². The van der Waals surface area contributed by atoms with Crippen molar-refractivity contribution in [3.05, 3.63) is 52.9 Å². The lowest BCUT2D eigenvalue weighted by Crippen LogP contribution is -1.87. The monoisotopic (exact) mass is 221 g/mol. The number of aryl methyl sites for hydroxylation is 1. The summed E-state index contributed by atoms with van der Waals surface area (Å²) in [7, 11) is 0. The van der Waals surface area contributed by atoms with Crippen LogP contribution in [0.5, 0.6) is 0 Å². The number of pyridine rings is 1. The third-order valence-electron chi connectivity index (χ3n) is 2.20. The normalized spacial score (nSPS) is 10.3. The molecule has 0 aliphatic carbocycles. The maximum Gasteiger partial charge on any atom is 0.126 e. The van der Waals surface area contributed by atoms with Crippen LogP contribution in [-0.2, 0) is 0 Å². The fraction of sp³-hybridized carbons (Fsp3) is 0.0833. The Hall–Kier alpha value is -1.41. The van der Waals surface area contributed by atoms with E-state index in [2.05, 4.69) is 4.98 Å². The van der Waals surface area contributed by atoms with E-state index in [9.17, 15) is 4.39 Å². The average molecular weight is 222 g/mol. The van der Waals surface area contributed by atoms with Crippen LogP contribution < -0.4 is 0 Å². The van der Waals surface area contributed by atoms with Crippen molar-refractivity contribution in [2.45, 2.75) is 6.92 Å². The molecule has 0 spiro atoms. The number of hydrogen-bond donors (Lipinski definition) is 0. The van der Waals surface area contributed by atoms with Crippen molar-refractivity contribution in [2.75, 3.05) is 0 Å². The number of benzene rings is 1. The average Bonchev–Trinajstić information content (AvgIpc) is 2.23. The molecule has 0 bridgehead atoms. The standard InChI is InChI=1S/C12H9ClFN/c1-8-4-5-9(7-11(8)14)12-10(13)3-2-6-15-12/h2-7H,1H3. The first-order valence-corrected chi connectivity index (χ1v) is 4.93. The van der Waals surface area contributed by atoms with Crippen molar-refractivity contribution >= 4 is 11.6 Å². The maximum atomic E-state index is 13.3. The van der Waals surface area contributed by atoms with Crippen LogP contribution in [0.4, 0.5) is 4.39 Å². The molecular weight excluding hydrogens is 213 g/mol. The molecule has 1 aromatic heterocycles. The van der Waals surface area contributed by atoms with E-state index in [4.69, 9.17) is 11.6 Å². The van der Waals surface area contributed by atoms with Gasteiger partial charge in [0.15, 0.2) is 0 Å². The lowest BCUT2D eigenvalue weighted by molar-refractivity contribution is 0.619. The van der Waals surface area contributed by atoms with Gasteiger partial charge in [0.25, 0.3) is 0 Å². The predicted octanol–water partition coefficient (Wildman–Crippen LogP) is 3.85. The first-order chi connectivity index (χ1) is 7.18. The number of halogens is 2. The molecule has 1 heterocycles. The molecule has 0 atom stereocenters. The van der Waals surface area contributed by atoms with E-state index in [0.717, 1.165) is 0 Å². The topological polar surface area (TPSA) is 12.9 Å². The van der Waals surface area contributed by atoms with E-state index in [0.29, 0.717) is 21.8 Å². The van der Waals surface area contributed by atoms with Crippen molar-refractivity contribution < 1.29 is 4.39 Å². The van der Waals surface area contributed by atoms with E-state index < -0.39 is 0 Å². The van der Waals surface area contributed by atoms with Gasteiger partial charge in [-0.25, -0.2) is 4.39 Å². The highest BCUT2D eigenvalue weighted by Crippen LogP contribution is 2.26. The molecule has 15 heavy (non-hydrogen) atoms. The molecular formula is C12H9ClFN. The third kappa shape index (κ3) is 2.00. The Kier molecular flexibility index (Phi) is 2.69. The highest BCUT2D eigenvalue weighted by molar-refractivity contribution is 6.33. The quantitative estimate of drug-likeness (QED) is 0.713. The van der Waals surface area contributed by atoms with Crippen molar-refractivity contribution in [3.8, 4) is 11.3 Å². The fourth-order valence-electron chi connectivity index (χ4n) is 1.34. The van der Waals surface area contributed by atoms with Crippen LogP contribution in [0.3, 0.4) is 0 Å². The molecule has 2 rings (SSSR count). The smallest absolute Gasteiger partial charge is 0.126 e. The summed E-state index contributed by atoms with van der Waals surface area (Å²) in [5.74, 6) is -0.241. The van der Waals surface area contributed by atoms with E-state index >= 15 is 0 Å². The van der Waals surface area contributed by atoms with Crippen LogP contribution in [0.25, 0.3) is 11.3 Å². The summed E-state index contributed by atoms with van der Waals surface area (Å²) in [6.45, 7) is 1.72. The van der Waals surface area contributed by atoms with Gasteiger partial charge in [-0.05, 0) is 30.7 Å². The molecule has 0 unspecified atom stereocenters. The zero-order chi connectivity index (χ0) is 10.8. The molecule has 1 aromatic carbocycles. The summed E-state index contributed by atoms with van der Waals surface area (Å²) >= 11 is 5.97. The molecule has 76 valence electrons. The SMILES string of the molecule is Cc1ccc(-c2ncccc2Cl)cc1F. The van der Waals surface area contributed by atoms with Gasteiger partial charge in [-0.3, -0.25) is 4.98 Å². The van der Waals surface area contributed by atoms with Gasteiger partial charge in [0.1, 0.15) is 5.82 Å². The lowest BCUT2D eigenvalue weighted by atomic mass is 10.1. The zero-order valence-electron chi connectivity index (χ0n) is 8.17. The van der Waals surface area contributed by atoms with Gasteiger partial charge in [-0.2, -0.15) is 0 Å². The van der Waals surface area contributed by atoms with Gasteiger partial charge in [-0.15, -0.1) is 0 Å². The summed E-state index contributed by atoms with van der Waals surface area (Å²) in [5, 5.41) is 0.528. The van der Waals surface area contributed by atoms with Crippen LogP contribution in [0, 0.1) is 12.7 Å². The molecule has 0 saturated heterocycles. The highest BCUT2D eigenvalue weighted by atomic mass is 35.5. The van der Waals surface area contributed by atoms with Crippen LogP contribution in [0.1, 0.15) is 5.56 Å². The Balaban J connectivity index is 2.55. The Morgan fingerprint density at radius 3 is 2.73 bits per heavy atom. The largest absolute Gasteiger partial charge is 0.255 e. The van der Waals surface area contributed by atoms with Gasteiger partial charge in [0, 0.05) is 11.8 Å². The van der Waals surface area contributed by atoms with E-state index in [-0.39, 0.29) is 5.82 Å². The summed E-state index contributed by atoms with van der Waals surface area (Å²) < 4.78 is 13.3. The van der Waals surface area contributed by atoms with E-state index in [1.165, 1.54) is 6.07 Å². The zero-order valence-corrected chi connectivity index (χ0v) is 8.92. The van der Waals surface area contributed by atoms with Crippen LogP contribution in [0.2, 0.25) is 5.02 Å². The van der Waals surface area contributed by atoms with Crippen molar-refractivity contribution in [1.29, 1.82) is 0 Å². The van der Waals surface area contributed by atoms with Crippen LogP contribution in [-0.4, -0.2) is 4.98 Å². The number of nitrogens with zero attached hydrogens (tertiary/aromatic N) is 1. The van der Waals surface area contributed by atoms with Crippen molar-refractivity contribution in [2.24, 2.45) is 0 Å². The second-order valence-electron chi connectivity index (χ2n) is 3.30. The molecule has 0 aliphatic rings. The number of aromatic nitrogens is 1. The van der Waals surface area contributed by atoms with Gasteiger partial charge >= 0.3 is 0 Å². The molecule has 0 saturated carbocycles. The van der Waals surface area contributed by atoms with Gasteiger partial charge in [0.2, 0.25) is 0 Å². The first kappa shape index (κ1) is 10.1. The lowest BCUT2D eigenvalue weighted by Gasteiger charge is -2.04. The maximum absolute atomic E-state index is 13.3. The minimum absolute atomic E-state index is 0.241. The van der Waals surface area contributed by atoms with Crippen molar-refractivity contribution in [3.63, 3.8) is 0 Å². The minimum atomic E-state index is -0.241. The minimum Gasteiger partial charge on any atom is -0.255 e. The molecule has 2 aromatic rings. The molecule has 0 N–H and O–H groups in total. The van der Waals surface area contributed by atoms with E-state index in [1.807, 2.05) is 6.07 Å². The molecule has 1 nitrogen and oxygen atoms in total. The summed E-state index contributed by atoms with van der Waals surface area (Å²) in [4.78, 5) is 4.12. The second kappa shape index (κ2) is 3.99. The Morgan fingerprint density at radius 1 is 1.27 bits per heavy atom. The summed E-state index contributed by atoms with van der Waals surface area (Å²) in [6, 6.07) is 8.46. The fourth-order valence-corrected chi connectivity index (χ4v) is 1.57. The third-order valence-corrected chi connectivity index (χ3v) is 2.51. The molecule has 0 aliphatic heterocycles. The number of hydrogen-bond acceptors (Lipinski definition) is 1. The number of rotatable bonds is 1. The van der Waals surface area contributed by atoms with Crippen molar-refractivity contribution in [1.82, 2.24) is 4.98 Å². The molecule has 0 radical (unpaired) electrons. The van der Waals surface area contributed by atoms with E-state index in [1.54, 1.807) is 31.3 Å². The van der Waals surface area contributed by atoms with Gasteiger partial charge in [-0.1, -0.05) is 23.7 Å². The van der Waals surface area contributed by atoms with Gasteiger partial charge in [0.05, 0.1) is 10.7 Å². The predicted molar refractivity (Wildman–Crippen MR) is 59.4 cm³/mol. The molecule has 3 heteroatoms. The van der Waals surface area contributed by atoms with Crippen LogP contribution >= 0.6 is 11.6 Å². The highest BCUT2D eigenvalue weighted by Gasteiger charge is 2.06. The Bertz CT molecular complexity index is 497. The summed E-state index contributed by atoms with van der Waals surface area (Å²) in [5.41, 5.74) is 1.92. The Morgan fingerprint density at radius 2 is 2.07 bits per heavy atom. The first-order valence-electron chi connectivity index (χ1n) is 4.55. The van der Waals surface area contributed by atoms with Gasteiger partial charge < -0.3 is 0 Å².